The molecule has 4 aromatic carbocycles. The fourth-order valence-electron chi connectivity index (χ4n) is 4.52. The number of alkyl halides is 1. The molecule has 0 spiro atoms. The van der Waals surface area contributed by atoms with Crippen molar-refractivity contribution in [2.45, 2.75) is 12.4 Å². The smallest absolute Gasteiger partial charge is 0.132 e. The van der Waals surface area contributed by atoms with Crippen LogP contribution in [-0.4, -0.2) is 9.97 Å². The van der Waals surface area contributed by atoms with E-state index in [2.05, 4.69) is 20.0 Å². The van der Waals surface area contributed by atoms with Gasteiger partial charge in [-0.2, -0.15) is 0 Å². The van der Waals surface area contributed by atoms with Crippen molar-refractivity contribution in [2.24, 2.45) is 5.11 Å². The van der Waals surface area contributed by atoms with Crippen LogP contribution in [0.2, 0.25) is 10.0 Å². The largest absolute Gasteiger partial charge is 0.246 e. The zero-order chi connectivity index (χ0) is 29.6. The summed E-state index contributed by atoms with van der Waals surface area (Å²) in [4.78, 5) is 11.8. The van der Waals surface area contributed by atoms with Crippen molar-refractivity contribution in [1.82, 2.24) is 9.97 Å². The number of hydrogen-bond donors (Lipinski definition) is 0. The molecule has 208 valence electrons. The van der Waals surface area contributed by atoms with Gasteiger partial charge in [-0.05, 0) is 65.2 Å². The average molecular weight is 619 g/mol. The maximum atomic E-state index is 14.1. The highest BCUT2D eigenvalue weighted by Crippen LogP contribution is 2.32. The van der Waals surface area contributed by atoms with Crippen molar-refractivity contribution < 1.29 is 8.78 Å². The molecular weight excluding hydrogens is 599 g/mol. The SMILES string of the molecule is Fc1ccccc1-c1nc2c(Cl)cccc2cc1CCl.[N-]=[N+]=NCc1cc2cccc(Cl)c2nc1-c1ccccc1F. The first-order valence-corrected chi connectivity index (χ1v) is 13.9. The van der Waals surface area contributed by atoms with Crippen LogP contribution in [0.25, 0.3) is 54.8 Å². The quantitative estimate of drug-likeness (QED) is 0.0834. The van der Waals surface area contributed by atoms with Gasteiger partial charge in [-0.1, -0.05) is 76.8 Å². The van der Waals surface area contributed by atoms with Crippen LogP contribution in [-0.2, 0) is 12.4 Å². The van der Waals surface area contributed by atoms with Gasteiger partial charge in [0.2, 0.25) is 0 Å². The Morgan fingerprint density at radius 1 is 0.667 bits per heavy atom. The molecule has 42 heavy (non-hydrogen) atoms. The number of para-hydroxylation sites is 2. The summed E-state index contributed by atoms with van der Waals surface area (Å²) < 4.78 is 28.1. The van der Waals surface area contributed by atoms with E-state index in [4.69, 9.17) is 40.3 Å². The van der Waals surface area contributed by atoms with E-state index >= 15 is 0 Å². The minimum absolute atomic E-state index is 0.0929. The summed E-state index contributed by atoms with van der Waals surface area (Å²) >= 11 is 18.3. The van der Waals surface area contributed by atoms with Gasteiger partial charge in [0.25, 0.3) is 0 Å². The minimum Gasteiger partial charge on any atom is -0.246 e. The van der Waals surface area contributed by atoms with Crippen molar-refractivity contribution in [2.75, 3.05) is 0 Å². The molecule has 5 nitrogen and oxygen atoms in total. The Morgan fingerprint density at radius 3 is 1.62 bits per heavy atom. The molecule has 6 aromatic rings. The molecule has 0 aliphatic carbocycles. The number of aromatic nitrogens is 2. The van der Waals surface area contributed by atoms with Crippen LogP contribution < -0.4 is 0 Å². The first-order valence-electron chi connectivity index (χ1n) is 12.6. The molecule has 0 unspecified atom stereocenters. The summed E-state index contributed by atoms with van der Waals surface area (Å²) in [6, 6.07) is 27.5. The summed E-state index contributed by atoms with van der Waals surface area (Å²) in [5, 5.41) is 6.32. The second kappa shape index (κ2) is 13.1. The Morgan fingerprint density at radius 2 is 1.14 bits per heavy atom. The molecule has 0 aliphatic heterocycles. The van der Waals surface area contributed by atoms with Crippen molar-refractivity contribution in [1.29, 1.82) is 0 Å². The van der Waals surface area contributed by atoms with E-state index in [1.165, 1.54) is 12.1 Å². The molecule has 0 N–H and O–H groups in total. The normalized spacial score (nSPS) is 10.7. The number of rotatable bonds is 5. The van der Waals surface area contributed by atoms with E-state index in [1.54, 1.807) is 48.5 Å². The lowest BCUT2D eigenvalue weighted by Crippen LogP contribution is -1.96. The summed E-state index contributed by atoms with van der Waals surface area (Å²) in [6.07, 6.45) is 0. The van der Waals surface area contributed by atoms with Crippen LogP contribution in [0.5, 0.6) is 0 Å². The number of hydrogen-bond acceptors (Lipinski definition) is 3. The molecule has 10 heteroatoms. The van der Waals surface area contributed by atoms with E-state index in [-0.39, 0.29) is 24.1 Å². The van der Waals surface area contributed by atoms with Crippen LogP contribution in [0, 0.1) is 11.6 Å². The lowest BCUT2D eigenvalue weighted by Gasteiger charge is -2.11. The van der Waals surface area contributed by atoms with Crippen molar-refractivity contribution in [3.8, 4) is 22.5 Å². The standard InChI is InChI=1S/C16H10Cl2FN.C16H10ClFN4/c17-9-11-8-10-4-3-6-13(18)16(10)20-15(11)12-5-1-2-7-14(12)19;17-13-6-3-4-10-8-11(9-20-22-19)15(21-16(10)13)12-5-1-2-7-14(12)18/h1-8H,9H2;1-8H,9H2. The van der Waals surface area contributed by atoms with Gasteiger partial charge in [-0.3, -0.25) is 0 Å². The molecule has 0 amide bonds. The van der Waals surface area contributed by atoms with Gasteiger partial charge in [0.15, 0.2) is 0 Å². The van der Waals surface area contributed by atoms with E-state index in [1.807, 2.05) is 36.4 Å². The summed E-state index contributed by atoms with van der Waals surface area (Å²) in [6.45, 7) is 0.0929. The molecule has 2 aromatic heterocycles. The molecule has 0 saturated carbocycles. The van der Waals surface area contributed by atoms with Gasteiger partial charge in [-0.15, -0.1) is 11.6 Å². The van der Waals surface area contributed by atoms with Gasteiger partial charge in [0.05, 0.1) is 39.0 Å². The summed E-state index contributed by atoms with van der Waals surface area (Å²) in [5.41, 5.74) is 13.0. The summed E-state index contributed by atoms with van der Waals surface area (Å²) in [7, 11) is 0. The van der Waals surface area contributed by atoms with E-state index in [0.717, 1.165) is 16.3 Å². The first kappa shape index (κ1) is 29.2. The highest BCUT2D eigenvalue weighted by molar-refractivity contribution is 6.35. The fraction of sp³-hybridized carbons (Fsp3) is 0.0625. The maximum Gasteiger partial charge on any atom is 0.132 e. The van der Waals surface area contributed by atoms with Crippen molar-refractivity contribution in [3.63, 3.8) is 0 Å². The van der Waals surface area contributed by atoms with Crippen molar-refractivity contribution in [3.05, 3.63) is 140 Å². The molecule has 0 aliphatic rings. The molecular formula is C32H20Cl3F2N5. The second-order valence-corrected chi connectivity index (χ2v) is 10.2. The predicted molar refractivity (Wildman–Crippen MR) is 167 cm³/mol. The topological polar surface area (TPSA) is 74.5 Å². The minimum atomic E-state index is -0.386. The number of benzene rings is 4. The Balaban J connectivity index is 0.000000169. The Bertz CT molecular complexity index is 1980. The molecule has 0 atom stereocenters. The molecule has 0 saturated heterocycles. The van der Waals surface area contributed by atoms with E-state index < -0.39 is 0 Å². The van der Waals surface area contributed by atoms with Crippen LogP contribution in [0.1, 0.15) is 11.1 Å². The van der Waals surface area contributed by atoms with Gasteiger partial charge in [0, 0.05) is 32.7 Å². The van der Waals surface area contributed by atoms with Crippen molar-refractivity contribution >= 4 is 56.6 Å². The van der Waals surface area contributed by atoms with Crippen LogP contribution >= 0.6 is 34.8 Å². The van der Waals surface area contributed by atoms with Crippen LogP contribution in [0.3, 0.4) is 0 Å². The fourth-order valence-corrected chi connectivity index (χ4v) is 5.17. The second-order valence-electron chi connectivity index (χ2n) is 9.10. The first-order chi connectivity index (χ1) is 20.4. The zero-order valence-corrected chi connectivity index (χ0v) is 24.0. The number of nitrogens with zero attached hydrogens (tertiary/aromatic N) is 5. The van der Waals surface area contributed by atoms with Crippen LogP contribution in [0.4, 0.5) is 8.78 Å². The molecule has 0 radical (unpaired) electrons. The third-order valence-electron chi connectivity index (χ3n) is 6.46. The summed E-state index contributed by atoms with van der Waals surface area (Å²) in [5.74, 6) is -0.444. The monoisotopic (exact) mass is 617 g/mol. The van der Waals surface area contributed by atoms with Crippen LogP contribution in [0.15, 0.2) is 102 Å². The van der Waals surface area contributed by atoms with Gasteiger partial charge in [0.1, 0.15) is 11.6 Å². The highest BCUT2D eigenvalue weighted by Gasteiger charge is 2.15. The maximum absolute atomic E-state index is 14.1. The van der Waals surface area contributed by atoms with Gasteiger partial charge in [-0.25, -0.2) is 18.7 Å². The predicted octanol–water partition coefficient (Wildman–Crippen LogP) is 10.9. The lowest BCUT2D eigenvalue weighted by molar-refractivity contribution is 0.630. The number of fused-ring (bicyclic) bond motifs is 2. The molecule has 0 bridgehead atoms. The van der Waals surface area contributed by atoms with E-state index in [0.29, 0.717) is 49.2 Å². The molecule has 0 fully saturated rings. The van der Waals surface area contributed by atoms with Gasteiger partial charge >= 0.3 is 0 Å². The average Bonchev–Trinajstić information content (AvgIpc) is 3.00. The third-order valence-corrected chi connectivity index (χ3v) is 7.36. The third kappa shape index (κ3) is 6.15. The Hall–Kier alpha value is -4.26. The Kier molecular flexibility index (Phi) is 9.15. The number of halogens is 5. The van der Waals surface area contributed by atoms with Gasteiger partial charge < -0.3 is 0 Å². The number of pyridine rings is 2. The number of azide groups is 1. The molecule has 6 rings (SSSR count). The highest BCUT2D eigenvalue weighted by atomic mass is 35.5. The zero-order valence-electron chi connectivity index (χ0n) is 21.8. The molecule has 2 heterocycles. The van der Waals surface area contributed by atoms with E-state index in [9.17, 15) is 8.78 Å². The Labute approximate surface area is 255 Å². The lowest BCUT2D eigenvalue weighted by atomic mass is 10.0.